The lowest BCUT2D eigenvalue weighted by Gasteiger charge is -2.10. The van der Waals surface area contributed by atoms with Crippen LogP contribution in [0.5, 0.6) is 0 Å². The molecule has 0 radical (unpaired) electrons. The van der Waals surface area contributed by atoms with E-state index in [9.17, 15) is 13.2 Å². The zero-order valence-electron chi connectivity index (χ0n) is 9.29. The summed E-state index contributed by atoms with van der Waals surface area (Å²) in [5.74, 6) is 0. The van der Waals surface area contributed by atoms with E-state index in [1.54, 1.807) is 0 Å². The van der Waals surface area contributed by atoms with Gasteiger partial charge in [-0.3, -0.25) is 0 Å². The lowest BCUT2D eigenvalue weighted by Crippen LogP contribution is -2.19. The predicted molar refractivity (Wildman–Crippen MR) is 57.9 cm³/mol. The van der Waals surface area contributed by atoms with E-state index in [-0.39, 0.29) is 6.42 Å². The molecule has 0 aliphatic carbocycles. The molecule has 1 aromatic carbocycles. The minimum atomic E-state index is -4.21. The highest BCUT2D eigenvalue weighted by Crippen LogP contribution is 2.28. The fourth-order valence-electron chi connectivity index (χ4n) is 1.85. The first kappa shape index (κ1) is 12.0. The number of rotatable bonds is 2. The lowest BCUT2D eigenvalue weighted by atomic mass is 9.99. The third kappa shape index (κ3) is 2.99. The van der Waals surface area contributed by atoms with Gasteiger partial charge < -0.3 is 4.84 Å². The Bertz CT molecular complexity index is 440. The van der Waals surface area contributed by atoms with E-state index in [0.29, 0.717) is 5.71 Å². The van der Waals surface area contributed by atoms with Gasteiger partial charge in [0.25, 0.3) is 0 Å². The summed E-state index contributed by atoms with van der Waals surface area (Å²) in [5, 5.41) is 3.75. The normalized spacial score (nSPS) is 20.0. The fraction of sp³-hybridized carbons (Fsp3) is 0.417. The summed E-state index contributed by atoms with van der Waals surface area (Å²) in [6, 6.07) is 7.45. The summed E-state index contributed by atoms with van der Waals surface area (Å²) in [5.41, 5.74) is 2.44. The maximum Gasteiger partial charge on any atom is 0.392 e. The average molecular weight is 243 g/mol. The van der Waals surface area contributed by atoms with E-state index >= 15 is 0 Å². The molecule has 1 heterocycles. The van der Waals surface area contributed by atoms with Crippen LogP contribution in [0.15, 0.2) is 29.4 Å². The van der Waals surface area contributed by atoms with Gasteiger partial charge in [0, 0.05) is 12.0 Å². The van der Waals surface area contributed by atoms with E-state index < -0.39 is 18.7 Å². The molecule has 1 unspecified atom stereocenters. The van der Waals surface area contributed by atoms with Crippen LogP contribution in [-0.2, 0) is 4.84 Å². The van der Waals surface area contributed by atoms with Crippen molar-refractivity contribution >= 4 is 5.71 Å². The van der Waals surface area contributed by atoms with Gasteiger partial charge in [0.2, 0.25) is 0 Å². The second-order valence-corrected chi connectivity index (χ2v) is 4.10. The molecule has 2 nitrogen and oxygen atoms in total. The van der Waals surface area contributed by atoms with Crippen molar-refractivity contribution in [3.8, 4) is 0 Å². The maximum absolute atomic E-state index is 12.2. The predicted octanol–water partition coefficient (Wildman–Crippen LogP) is 3.44. The molecule has 1 aliphatic rings. The Morgan fingerprint density at radius 1 is 1.35 bits per heavy atom. The van der Waals surface area contributed by atoms with E-state index in [2.05, 4.69) is 5.16 Å². The fourth-order valence-corrected chi connectivity index (χ4v) is 1.85. The lowest BCUT2D eigenvalue weighted by molar-refractivity contribution is -0.157. The second-order valence-electron chi connectivity index (χ2n) is 4.10. The molecule has 17 heavy (non-hydrogen) atoms. The molecule has 1 atom stereocenters. The Hall–Kier alpha value is -1.52. The zero-order valence-corrected chi connectivity index (χ0v) is 9.29. The molecular weight excluding hydrogens is 231 g/mol. The van der Waals surface area contributed by atoms with Crippen molar-refractivity contribution in [2.45, 2.75) is 32.0 Å². The monoisotopic (exact) mass is 243 g/mol. The molecule has 1 aliphatic heterocycles. The number of hydrogen-bond donors (Lipinski definition) is 0. The van der Waals surface area contributed by atoms with E-state index in [1.807, 2.05) is 31.2 Å². The number of halogens is 3. The molecule has 0 amide bonds. The molecule has 0 bridgehead atoms. The number of nitrogens with zero attached hydrogens (tertiary/aromatic N) is 1. The van der Waals surface area contributed by atoms with Crippen LogP contribution in [0.3, 0.4) is 0 Å². The first-order valence-corrected chi connectivity index (χ1v) is 5.31. The highest BCUT2D eigenvalue weighted by atomic mass is 19.4. The van der Waals surface area contributed by atoms with E-state index in [4.69, 9.17) is 4.84 Å². The van der Waals surface area contributed by atoms with Crippen LogP contribution in [-0.4, -0.2) is 18.0 Å². The molecule has 0 spiro atoms. The minimum Gasteiger partial charge on any atom is -0.391 e. The first-order valence-electron chi connectivity index (χ1n) is 5.31. The maximum atomic E-state index is 12.2. The van der Waals surface area contributed by atoms with Gasteiger partial charge in [0.05, 0.1) is 12.1 Å². The standard InChI is InChI=1S/C12H12F3NO/c1-8-4-2-3-5-10(8)11-6-9(17-16-11)7-12(13,14)15/h2-5,9H,6-7H2,1H3. The van der Waals surface area contributed by atoms with Gasteiger partial charge in [0.15, 0.2) is 0 Å². The summed E-state index contributed by atoms with van der Waals surface area (Å²) in [4.78, 5) is 4.82. The van der Waals surface area contributed by atoms with E-state index in [0.717, 1.165) is 11.1 Å². The molecule has 5 heteroatoms. The molecule has 0 aromatic heterocycles. The van der Waals surface area contributed by atoms with Crippen molar-refractivity contribution in [2.75, 3.05) is 0 Å². The van der Waals surface area contributed by atoms with Gasteiger partial charge in [-0.25, -0.2) is 0 Å². The Labute approximate surface area is 97.1 Å². The number of alkyl halides is 3. The van der Waals surface area contributed by atoms with Crippen LogP contribution in [0, 0.1) is 6.92 Å². The summed E-state index contributed by atoms with van der Waals surface area (Å²) in [6.07, 6.45) is -5.83. The summed E-state index contributed by atoms with van der Waals surface area (Å²) in [6.45, 7) is 1.90. The topological polar surface area (TPSA) is 21.6 Å². The van der Waals surface area contributed by atoms with E-state index in [1.165, 1.54) is 0 Å². The average Bonchev–Trinajstić information content (AvgIpc) is 2.64. The van der Waals surface area contributed by atoms with Crippen molar-refractivity contribution < 1.29 is 18.0 Å². The zero-order chi connectivity index (χ0) is 12.5. The third-order valence-electron chi connectivity index (χ3n) is 2.65. The van der Waals surface area contributed by atoms with Crippen molar-refractivity contribution in [1.29, 1.82) is 0 Å². The van der Waals surface area contributed by atoms with Crippen LogP contribution in [0.1, 0.15) is 24.0 Å². The Morgan fingerprint density at radius 3 is 2.71 bits per heavy atom. The Morgan fingerprint density at radius 2 is 2.06 bits per heavy atom. The minimum absolute atomic E-state index is 0.213. The van der Waals surface area contributed by atoms with Gasteiger partial charge in [-0.05, 0) is 12.5 Å². The van der Waals surface area contributed by atoms with Gasteiger partial charge in [0.1, 0.15) is 6.10 Å². The molecule has 92 valence electrons. The number of aryl methyl sites for hydroxylation is 1. The molecule has 1 aromatic rings. The molecule has 2 rings (SSSR count). The van der Waals surface area contributed by atoms with Gasteiger partial charge >= 0.3 is 6.18 Å². The summed E-state index contributed by atoms with van der Waals surface area (Å²) >= 11 is 0. The van der Waals surface area contributed by atoms with Crippen LogP contribution in [0.2, 0.25) is 0 Å². The van der Waals surface area contributed by atoms with Gasteiger partial charge in [-0.1, -0.05) is 29.4 Å². The molecule has 0 N–H and O–H groups in total. The van der Waals surface area contributed by atoms with Gasteiger partial charge in [-0.15, -0.1) is 0 Å². The van der Waals surface area contributed by atoms with Crippen molar-refractivity contribution in [2.24, 2.45) is 5.16 Å². The largest absolute Gasteiger partial charge is 0.392 e. The van der Waals surface area contributed by atoms with Crippen LogP contribution in [0.4, 0.5) is 13.2 Å². The molecule has 0 saturated heterocycles. The summed E-state index contributed by atoms with van der Waals surface area (Å²) in [7, 11) is 0. The first-order chi connectivity index (χ1) is 7.96. The highest BCUT2D eigenvalue weighted by molar-refractivity contribution is 6.02. The Kier molecular flexibility index (Phi) is 3.09. The second kappa shape index (κ2) is 4.39. The smallest absolute Gasteiger partial charge is 0.391 e. The number of benzene rings is 1. The van der Waals surface area contributed by atoms with Gasteiger partial charge in [-0.2, -0.15) is 13.2 Å². The number of oxime groups is 1. The van der Waals surface area contributed by atoms with Crippen molar-refractivity contribution in [3.05, 3.63) is 35.4 Å². The number of hydrogen-bond acceptors (Lipinski definition) is 2. The van der Waals surface area contributed by atoms with Crippen LogP contribution in [0.25, 0.3) is 0 Å². The Balaban J connectivity index is 2.05. The molecule has 0 saturated carbocycles. The van der Waals surface area contributed by atoms with Crippen molar-refractivity contribution in [3.63, 3.8) is 0 Å². The third-order valence-corrected chi connectivity index (χ3v) is 2.65. The molecular formula is C12H12F3NO. The summed E-state index contributed by atoms with van der Waals surface area (Å²) < 4.78 is 36.6. The highest BCUT2D eigenvalue weighted by Gasteiger charge is 2.36. The SMILES string of the molecule is Cc1ccccc1C1=NOC(CC(F)(F)F)C1. The van der Waals surface area contributed by atoms with Crippen LogP contribution >= 0.6 is 0 Å². The van der Waals surface area contributed by atoms with Crippen molar-refractivity contribution in [1.82, 2.24) is 0 Å². The molecule has 0 fully saturated rings. The quantitative estimate of drug-likeness (QED) is 0.779. The van der Waals surface area contributed by atoms with Crippen LogP contribution < -0.4 is 0 Å².